The molecular formula is C17H18F3NO4S. The number of methoxy groups -OCH3 is 1. The van der Waals surface area contributed by atoms with Gasteiger partial charge in [-0.1, -0.05) is 30.3 Å². The molecule has 0 N–H and O–H groups in total. The third-order valence-corrected chi connectivity index (χ3v) is 5.55. The van der Waals surface area contributed by atoms with Crippen molar-refractivity contribution in [3.8, 4) is 11.5 Å². The Labute approximate surface area is 150 Å². The zero-order valence-corrected chi connectivity index (χ0v) is 15.0. The maximum absolute atomic E-state index is 12.7. The minimum atomic E-state index is -4.98. The third-order valence-electron chi connectivity index (χ3n) is 3.65. The number of sulfonamides is 1. The number of likely N-dealkylation sites (N-methyl/N-ethyl adjacent to an activating group) is 1. The van der Waals surface area contributed by atoms with E-state index in [-0.39, 0.29) is 6.54 Å². The van der Waals surface area contributed by atoms with E-state index < -0.39 is 27.0 Å². The third kappa shape index (κ3) is 4.89. The molecule has 0 fully saturated rings. The molecule has 26 heavy (non-hydrogen) atoms. The summed E-state index contributed by atoms with van der Waals surface area (Å²) in [7, 11) is -1.36. The predicted octanol–water partition coefficient (Wildman–Crippen LogP) is 3.46. The van der Waals surface area contributed by atoms with Crippen molar-refractivity contribution in [2.24, 2.45) is 0 Å². The fourth-order valence-corrected chi connectivity index (χ4v) is 3.63. The van der Waals surface area contributed by atoms with Gasteiger partial charge in [0.15, 0.2) is 0 Å². The number of alkyl halides is 3. The van der Waals surface area contributed by atoms with Gasteiger partial charge in [-0.05, 0) is 30.2 Å². The van der Waals surface area contributed by atoms with Crippen molar-refractivity contribution in [2.75, 3.05) is 20.7 Å². The average molecular weight is 389 g/mol. The molecule has 9 heteroatoms. The zero-order valence-electron chi connectivity index (χ0n) is 14.2. The summed E-state index contributed by atoms with van der Waals surface area (Å²) in [6.07, 6.45) is -4.65. The van der Waals surface area contributed by atoms with E-state index in [1.807, 2.05) is 0 Å². The molecule has 0 atom stereocenters. The standard InChI is InChI=1S/C17H18F3NO4S/c1-21(12-11-13-7-3-4-8-14(13)24-2)26(22,23)16-10-6-5-9-15(16)25-17(18,19)20/h3-10H,11-12H2,1-2H3. The Morgan fingerprint density at radius 2 is 1.58 bits per heavy atom. The molecule has 0 saturated carbocycles. The fraction of sp³-hybridized carbons (Fsp3) is 0.294. The molecule has 0 saturated heterocycles. The summed E-state index contributed by atoms with van der Waals surface area (Å²) in [4.78, 5) is -0.542. The average Bonchev–Trinajstić information content (AvgIpc) is 2.58. The number of nitrogens with zero attached hydrogens (tertiary/aromatic N) is 1. The topological polar surface area (TPSA) is 55.8 Å². The van der Waals surface area contributed by atoms with Gasteiger partial charge in [0.25, 0.3) is 0 Å². The highest BCUT2D eigenvalue weighted by Gasteiger charge is 2.34. The first-order valence-corrected chi connectivity index (χ1v) is 9.02. The largest absolute Gasteiger partial charge is 0.573 e. The highest BCUT2D eigenvalue weighted by molar-refractivity contribution is 7.89. The van der Waals surface area contributed by atoms with Gasteiger partial charge in [-0.3, -0.25) is 0 Å². The lowest BCUT2D eigenvalue weighted by Crippen LogP contribution is -2.30. The summed E-state index contributed by atoms with van der Waals surface area (Å²) in [6, 6.07) is 11.8. The van der Waals surface area contributed by atoms with Gasteiger partial charge in [0.05, 0.1) is 7.11 Å². The van der Waals surface area contributed by atoms with Crippen molar-refractivity contribution in [1.82, 2.24) is 4.31 Å². The van der Waals surface area contributed by atoms with Crippen LogP contribution >= 0.6 is 0 Å². The Bertz CT molecular complexity index is 853. The second kappa shape index (κ2) is 7.96. The van der Waals surface area contributed by atoms with Gasteiger partial charge in [-0.15, -0.1) is 13.2 Å². The van der Waals surface area contributed by atoms with Crippen molar-refractivity contribution < 1.29 is 31.1 Å². The summed E-state index contributed by atoms with van der Waals surface area (Å²) in [5.74, 6) is -0.150. The number of halogens is 3. The molecule has 0 amide bonds. The van der Waals surface area contributed by atoms with Gasteiger partial charge in [-0.2, -0.15) is 0 Å². The van der Waals surface area contributed by atoms with Gasteiger partial charge in [0.1, 0.15) is 16.4 Å². The van der Waals surface area contributed by atoms with Crippen LogP contribution in [0.3, 0.4) is 0 Å². The van der Waals surface area contributed by atoms with Crippen LogP contribution in [-0.4, -0.2) is 39.8 Å². The van der Waals surface area contributed by atoms with E-state index in [0.29, 0.717) is 12.2 Å². The van der Waals surface area contributed by atoms with Crippen LogP contribution in [0.4, 0.5) is 13.2 Å². The predicted molar refractivity (Wildman–Crippen MR) is 89.6 cm³/mol. The molecule has 2 aromatic carbocycles. The quantitative estimate of drug-likeness (QED) is 0.728. The van der Waals surface area contributed by atoms with Crippen molar-refractivity contribution in [2.45, 2.75) is 17.7 Å². The molecule has 0 aliphatic heterocycles. The number of benzene rings is 2. The minimum absolute atomic E-state index is 0.0586. The SMILES string of the molecule is COc1ccccc1CCN(C)S(=O)(=O)c1ccccc1OC(F)(F)F. The molecule has 2 rings (SSSR count). The van der Waals surface area contributed by atoms with Crippen LogP contribution in [0.25, 0.3) is 0 Å². The van der Waals surface area contributed by atoms with Crippen LogP contribution in [0, 0.1) is 0 Å². The second-order valence-corrected chi connectivity index (χ2v) is 7.40. The molecule has 0 aliphatic carbocycles. The van der Waals surface area contributed by atoms with Gasteiger partial charge >= 0.3 is 6.36 Å². The zero-order chi connectivity index (χ0) is 19.4. The summed E-state index contributed by atoms with van der Waals surface area (Å²) in [5, 5.41) is 0. The first-order chi connectivity index (χ1) is 12.1. The summed E-state index contributed by atoms with van der Waals surface area (Å²) >= 11 is 0. The molecular weight excluding hydrogens is 371 g/mol. The molecule has 0 aliphatic rings. The van der Waals surface area contributed by atoms with E-state index in [1.54, 1.807) is 24.3 Å². The van der Waals surface area contributed by atoms with Gasteiger partial charge in [-0.25, -0.2) is 12.7 Å². The summed E-state index contributed by atoms with van der Waals surface area (Å²) < 4.78 is 72.9. The second-order valence-electron chi connectivity index (χ2n) is 5.38. The van der Waals surface area contributed by atoms with Crippen LogP contribution in [0.1, 0.15) is 5.56 Å². The summed E-state index contributed by atoms with van der Waals surface area (Å²) in [5.41, 5.74) is 0.789. The van der Waals surface area contributed by atoms with Gasteiger partial charge < -0.3 is 9.47 Å². The number of hydrogen-bond acceptors (Lipinski definition) is 4. The van der Waals surface area contributed by atoms with E-state index in [2.05, 4.69) is 4.74 Å². The maximum Gasteiger partial charge on any atom is 0.573 e. The molecule has 0 bridgehead atoms. The molecule has 142 valence electrons. The van der Waals surface area contributed by atoms with E-state index in [1.165, 1.54) is 26.3 Å². The summed E-state index contributed by atoms with van der Waals surface area (Å²) in [6.45, 7) is 0.0586. The molecule has 0 heterocycles. The fourth-order valence-electron chi connectivity index (χ4n) is 2.35. The number of ether oxygens (including phenoxy) is 2. The van der Waals surface area contributed by atoms with Gasteiger partial charge in [0, 0.05) is 13.6 Å². The number of rotatable bonds is 7. The van der Waals surface area contributed by atoms with Crippen LogP contribution in [-0.2, 0) is 16.4 Å². The first-order valence-electron chi connectivity index (χ1n) is 7.58. The normalized spacial score (nSPS) is 12.2. The van der Waals surface area contributed by atoms with Crippen LogP contribution in [0.15, 0.2) is 53.4 Å². The van der Waals surface area contributed by atoms with E-state index >= 15 is 0 Å². The Morgan fingerprint density at radius 3 is 2.19 bits per heavy atom. The molecule has 5 nitrogen and oxygen atoms in total. The highest BCUT2D eigenvalue weighted by atomic mass is 32.2. The number of para-hydroxylation sites is 2. The number of hydrogen-bond donors (Lipinski definition) is 0. The Hall–Kier alpha value is -2.26. The molecule has 0 aromatic heterocycles. The van der Waals surface area contributed by atoms with Crippen LogP contribution in [0.5, 0.6) is 11.5 Å². The Balaban J connectivity index is 2.22. The van der Waals surface area contributed by atoms with E-state index in [0.717, 1.165) is 22.0 Å². The van der Waals surface area contributed by atoms with Gasteiger partial charge in [0.2, 0.25) is 10.0 Å². The van der Waals surface area contributed by atoms with E-state index in [9.17, 15) is 21.6 Å². The van der Waals surface area contributed by atoms with Crippen LogP contribution in [0.2, 0.25) is 0 Å². The Morgan fingerprint density at radius 1 is 1.00 bits per heavy atom. The van der Waals surface area contributed by atoms with Crippen molar-refractivity contribution in [1.29, 1.82) is 0 Å². The van der Waals surface area contributed by atoms with Crippen molar-refractivity contribution >= 4 is 10.0 Å². The molecule has 0 unspecified atom stereocenters. The van der Waals surface area contributed by atoms with Crippen LogP contribution < -0.4 is 9.47 Å². The maximum atomic E-state index is 12.7. The molecule has 0 radical (unpaired) electrons. The lowest BCUT2D eigenvalue weighted by atomic mass is 10.1. The first kappa shape index (κ1) is 20.1. The molecule has 0 spiro atoms. The van der Waals surface area contributed by atoms with Crippen molar-refractivity contribution in [3.05, 3.63) is 54.1 Å². The molecule has 2 aromatic rings. The lowest BCUT2D eigenvalue weighted by molar-refractivity contribution is -0.275. The minimum Gasteiger partial charge on any atom is -0.496 e. The van der Waals surface area contributed by atoms with Crippen molar-refractivity contribution in [3.63, 3.8) is 0 Å². The highest BCUT2D eigenvalue weighted by Crippen LogP contribution is 2.31. The smallest absolute Gasteiger partial charge is 0.496 e. The van der Waals surface area contributed by atoms with E-state index in [4.69, 9.17) is 4.74 Å². The monoisotopic (exact) mass is 389 g/mol. The Kier molecular flexibility index (Phi) is 6.14. The lowest BCUT2D eigenvalue weighted by Gasteiger charge is -2.20.